The van der Waals surface area contributed by atoms with Gasteiger partial charge in [0.2, 0.25) is 0 Å². The highest BCUT2D eigenvalue weighted by molar-refractivity contribution is 5.33. The molecule has 0 amide bonds. The molecule has 0 aliphatic heterocycles. The molecule has 2 aromatic carbocycles. The van der Waals surface area contributed by atoms with E-state index in [9.17, 15) is 17.6 Å². The second kappa shape index (κ2) is 12.3. The van der Waals surface area contributed by atoms with E-state index in [1.165, 1.54) is 88.1 Å². The van der Waals surface area contributed by atoms with Crippen molar-refractivity contribution in [3.8, 4) is 11.5 Å². The molecule has 2 saturated carbocycles. The summed E-state index contributed by atoms with van der Waals surface area (Å²) in [5.74, 6) is 2.81. The number of hydrogen-bond acceptors (Lipinski definition) is 2. The SMILES string of the molecule is CCCCC1CCC(C2CCC(c3cc(F)cc(OCc4ccc(OC(F)(F)F)cc4)c3)CC2)CC1. The van der Waals surface area contributed by atoms with Crippen LogP contribution in [-0.4, -0.2) is 6.36 Å². The monoisotopic (exact) mass is 506 g/mol. The number of hydrogen-bond donors (Lipinski definition) is 0. The predicted octanol–water partition coefficient (Wildman–Crippen LogP) is 9.57. The van der Waals surface area contributed by atoms with Crippen molar-refractivity contribution in [2.75, 3.05) is 0 Å². The van der Waals surface area contributed by atoms with E-state index in [2.05, 4.69) is 11.7 Å². The Morgan fingerprint density at radius 3 is 2.06 bits per heavy atom. The normalized spacial score (nSPS) is 24.9. The lowest BCUT2D eigenvalue weighted by atomic mass is 9.68. The highest BCUT2D eigenvalue weighted by Crippen LogP contribution is 2.45. The number of benzene rings is 2. The molecular weight excluding hydrogens is 468 g/mol. The molecule has 0 spiro atoms. The number of alkyl halides is 3. The Morgan fingerprint density at radius 1 is 0.806 bits per heavy atom. The molecule has 0 bridgehead atoms. The number of ether oxygens (including phenoxy) is 2. The summed E-state index contributed by atoms with van der Waals surface area (Å²) in [6.07, 6.45) is 9.50. The summed E-state index contributed by atoms with van der Waals surface area (Å²) in [6, 6.07) is 10.4. The zero-order chi connectivity index (χ0) is 25.5. The molecule has 2 fully saturated rings. The van der Waals surface area contributed by atoms with E-state index in [0.717, 1.165) is 36.2 Å². The quantitative estimate of drug-likeness (QED) is 0.315. The Kier molecular flexibility index (Phi) is 9.19. The van der Waals surface area contributed by atoms with Gasteiger partial charge in [-0.3, -0.25) is 0 Å². The van der Waals surface area contributed by atoms with Gasteiger partial charge in [0, 0.05) is 6.07 Å². The molecule has 0 atom stereocenters. The van der Waals surface area contributed by atoms with Crippen LogP contribution in [0.5, 0.6) is 11.5 Å². The maximum Gasteiger partial charge on any atom is 0.573 e. The van der Waals surface area contributed by atoms with Gasteiger partial charge >= 0.3 is 6.36 Å². The van der Waals surface area contributed by atoms with Gasteiger partial charge in [0.15, 0.2) is 0 Å². The molecule has 2 aromatic rings. The fraction of sp³-hybridized carbons (Fsp3) is 0.600. The molecule has 2 aliphatic carbocycles. The molecule has 0 heterocycles. The van der Waals surface area contributed by atoms with Gasteiger partial charge in [0.05, 0.1) is 0 Å². The van der Waals surface area contributed by atoms with Crippen molar-refractivity contribution < 1.29 is 27.0 Å². The van der Waals surface area contributed by atoms with Crippen molar-refractivity contribution in [1.82, 2.24) is 0 Å². The average Bonchev–Trinajstić information content (AvgIpc) is 2.86. The van der Waals surface area contributed by atoms with Crippen molar-refractivity contribution in [3.63, 3.8) is 0 Å². The second-order valence-corrected chi connectivity index (χ2v) is 10.7. The van der Waals surface area contributed by atoms with E-state index in [1.807, 2.05) is 6.07 Å². The first-order valence-electron chi connectivity index (χ1n) is 13.6. The molecule has 4 rings (SSSR count). The van der Waals surface area contributed by atoms with E-state index in [0.29, 0.717) is 17.2 Å². The Labute approximate surface area is 212 Å². The van der Waals surface area contributed by atoms with Crippen LogP contribution < -0.4 is 9.47 Å². The Bertz CT molecular complexity index is 940. The highest BCUT2D eigenvalue weighted by atomic mass is 19.4. The number of unbranched alkanes of at least 4 members (excludes halogenated alkanes) is 1. The van der Waals surface area contributed by atoms with Gasteiger partial charge in [0.25, 0.3) is 0 Å². The minimum Gasteiger partial charge on any atom is -0.489 e. The van der Waals surface area contributed by atoms with Crippen molar-refractivity contribution in [1.29, 1.82) is 0 Å². The zero-order valence-electron chi connectivity index (χ0n) is 21.2. The fourth-order valence-corrected chi connectivity index (χ4v) is 6.22. The Morgan fingerprint density at radius 2 is 1.44 bits per heavy atom. The minimum atomic E-state index is -4.72. The topological polar surface area (TPSA) is 18.5 Å². The molecule has 0 N–H and O–H groups in total. The lowest BCUT2D eigenvalue weighted by Gasteiger charge is -2.38. The van der Waals surface area contributed by atoms with Gasteiger partial charge in [-0.05, 0) is 97.6 Å². The summed E-state index contributed by atoms with van der Waals surface area (Å²) in [7, 11) is 0. The predicted molar refractivity (Wildman–Crippen MR) is 134 cm³/mol. The first-order valence-corrected chi connectivity index (χ1v) is 13.6. The van der Waals surface area contributed by atoms with Gasteiger partial charge in [-0.25, -0.2) is 4.39 Å². The molecule has 2 aliphatic rings. The van der Waals surface area contributed by atoms with Crippen molar-refractivity contribution >= 4 is 0 Å². The minimum absolute atomic E-state index is 0.142. The Balaban J connectivity index is 1.27. The number of halogens is 4. The third kappa shape index (κ3) is 7.88. The molecule has 0 radical (unpaired) electrons. The number of rotatable bonds is 9. The van der Waals surface area contributed by atoms with Gasteiger partial charge in [-0.1, -0.05) is 51.2 Å². The first kappa shape index (κ1) is 26.8. The van der Waals surface area contributed by atoms with Crippen LogP contribution in [0.2, 0.25) is 0 Å². The highest BCUT2D eigenvalue weighted by Gasteiger charge is 2.32. The summed E-state index contributed by atoms with van der Waals surface area (Å²) < 4.78 is 61.1. The van der Waals surface area contributed by atoms with Crippen LogP contribution in [0.15, 0.2) is 42.5 Å². The van der Waals surface area contributed by atoms with Crippen LogP contribution in [0.1, 0.15) is 94.6 Å². The molecular formula is C30H38F4O2. The first-order chi connectivity index (χ1) is 17.3. The summed E-state index contributed by atoms with van der Waals surface area (Å²) >= 11 is 0. The average molecular weight is 507 g/mol. The van der Waals surface area contributed by atoms with Crippen LogP contribution in [0.4, 0.5) is 17.6 Å². The molecule has 0 aromatic heterocycles. The van der Waals surface area contributed by atoms with Crippen molar-refractivity contribution in [3.05, 3.63) is 59.4 Å². The van der Waals surface area contributed by atoms with Gasteiger partial charge in [0.1, 0.15) is 23.9 Å². The molecule has 2 nitrogen and oxygen atoms in total. The van der Waals surface area contributed by atoms with Crippen LogP contribution in [0.25, 0.3) is 0 Å². The molecule has 0 unspecified atom stereocenters. The standard InChI is InChI=1S/C30H38F4O2/c1-2-3-4-21-5-9-23(10-6-21)24-11-13-25(14-12-24)26-17-27(31)19-29(18-26)35-20-22-7-15-28(16-8-22)36-30(32,33)34/h7-8,15-19,21,23-25H,2-6,9-14,20H2,1H3. The van der Waals surface area contributed by atoms with Crippen molar-refractivity contribution in [2.24, 2.45) is 17.8 Å². The second-order valence-electron chi connectivity index (χ2n) is 10.7. The van der Waals surface area contributed by atoms with Crippen LogP contribution in [0.3, 0.4) is 0 Å². The molecule has 0 saturated heterocycles. The summed E-state index contributed by atoms with van der Waals surface area (Å²) in [5, 5.41) is 0. The fourth-order valence-electron chi connectivity index (χ4n) is 6.22. The molecule has 36 heavy (non-hydrogen) atoms. The third-order valence-electron chi connectivity index (χ3n) is 8.22. The summed E-state index contributed by atoms with van der Waals surface area (Å²) in [6.45, 7) is 2.42. The smallest absolute Gasteiger partial charge is 0.489 e. The summed E-state index contributed by atoms with van der Waals surface area (Å²) in [4.78, 5) is 0. The van der Waals surface area contributed by atoms with E-state index in [1.54, 1.807) is 6.07 Å². The van der Waals surface area contributed by atoms with E-state index in [4.69, 9.17) is 4.74 Å². The van der Waals surface area contributed by atoms with Gasteiger partial charge in [-0.15, -0.1) is 13.2 Å². The lowest BCUT2D eigenvalue weighted by molar-refractivity contribution is -0.274. The maximum atomic E-state index is 14.4. The van der Waals surface area contributed by atoms with E-state index in [-0.39, 0.29) is 18.2 Å². The molecule has 6 heteroatoms. The van der Waals surface area contributed by atoms with Crippen LogP contribution in [-0.2, 0) is 6.61 Å². The lowest BCUT2D eigenvalue weighted by Crippen LogP contribution is -2.25. The zero-order valence-corrected chi connectivity index (χ0v) is 21.2. The van der Waals surface area contributed by atoms with Crippen LogP contribution >= 0.6 is 0 Å². The van der Waals surface area contributed by atoms with E-state index >= 15 is 0 Å². The van der Waals surface area contributed by atoms with Crippen LogP contribution in [0, 0.1) is 23.6 Å². The summed E-state index contributed by atoms with van der Waals surface area (Å²) in [5.41, 5.74) is 1.67. The van der Waals surface area contributed by atoms with E-state index < -0.39 is 6.36 Å². The molecule has 198 valence electrons. The Hall–Kier alpha value is -2.24. The van der Waals surface area contributed by atoms with Gasteiger partial charge < -0.3 is 9.47 Å². The largest absolute Gasteiger partial charge is 0.573 e. The maximum absolute atomic E-state index is 14.4. The van der Waals surface area contributed by atoms with Gasteiger partial charge in [-0.2, -0.15) is 0 Å². The third-order valence-corrected chi connectivity index (χ3v) is 8.22. The van der Waals surface area contributed by atoms with Crippen molar-refractivity contribution in [2.45, 2.75) is 96.4 Å².